The molecule has 0 unspecified atom stereocenters. The minimum Gasteiger partial charge on any atom is -0.456 e. The molecule has 0 aliphatic rings. The van der Waals surface area contributed by atoms with Gasteiger partial charge in [-0.25, -0.2) is 4.39 Å². The van der Waals surface area contributed by atoms with E-state index >= 15 is 0 Å². The Kier molecular flexibility index (Phi) is 6.63. The van der Waals surface area contributed by atoms with Crippen LogP contribution >= 0.6 is 0 Å². The second-order valence-corrected chi connectivity index (χ2v) is 6.33. The second kappa shape index (κ2) is 9.55. The number of hydrogen-bond acceptors (Lipinski definition) is 7. The summed E-state index contributed by atoms with van der Waals surface area (Å²) in [6.07, 6.45) is 0.0597. The molecule has 2 aromatic carbocycles. The zero-order chi connectivity index (χ0) is 21.5. The molecule has 0 fully saturated rings. The first-order valence-electron chi connectivity index (χ1n) is 9.06. The SMILES string of the molecule is CC(=O)c1ccccc1NC(=O)COC(=O)CCc1nc(-c2ccc(F)cc2)no1. The maximum atomic E-state index is 13.0. The van der Waals surface area contributed by atoms with Gasteiger partial charge in [-0.1, -0.05) is 17.3 Å². The van der Waals surface area contributed by atoms with E-state index in [0.717, 1.165) is 0 Å². The van der Waals surface area contributed by atoms with Gasteiger partial charge in [0.25, 0.3) is 5.91 Å². The van der Waals surface area contributed by atoms with E-state index < -0.39 is 18.5 Å². The molecule has 0 bridgehead atoms. The molecule has 154 valence electrons. The Morgan fingerprint density at radius 3 is 2.57 bits per heavy atom. The number of nitrogens with one attached hydrogen (secondary N) is 1. The van der Waals surface area contributed by atoms with Crippen LogP contribution in [0, 0.1) is 5.82 Å². The fourth-order valence-corrected chi connectivity index (χ4v) is 2.59. The standard InChI is InChI=1S/C21H18FN3O5/c1-13(26)16-4-2-3-5-17(16)23-18(27)12-29-20(28)11-10-19-24-21(25-30-19)14-6-8-15(22)9-7-14/h2-9H,10-12H2,1H3,(H,23,27). The lowest BCUT2D eigenvalue weighted by molar-refractivity contribution is -0.147. The van der Waals surface area contributed by atoms with Gasteiger partial charge in [0.2, 0.25) is 11.7 Å². The third kappa shape index (κ3) is 5.57. The van der Waals surface area contributed by atoms with E-state index in [-0.39, 0.29) is 36.2 Å². The zero-order valence-electron chi connectivity index (χ0n) is 16.1. The number of Topliss-reactive ketones (excluding diaryl/α,β-unsaturated/α-hetero) is 1. The van der Waals surface area contributed by atoms with E-state index in [1.807, 2.05) is 0 Å². The summed E-state index contributed by atoms with van der Waals surface area (Å²) in [5.41, 5.74) is 1.30. The molecule has 0 saturated heterocycles. The topological polar surface area (TPSA) is 111 Å². The van der Waals surface area contributed by atoms with Gasteiger partial charge >= 0.3 is 5.97 Å². The Morgan fingerprint density at radius 1 is 1.10 bits per heavy atom. The van der Waals surface area contributed by atoms with Gasteiger partial charge in [0, 0.05) is 17.5 Å². The average Bonchev–Trinajstić information content (AvgIpc) is 3.20. The zero-order valence-corrected chi connectivity index (χ0v) is 16.1. The molecule has 3 aromatic rings. The molecule has 3 rings (SSSR count). The molecule has 8 nitrogen and oxygen atoms in total. The summed E-state index contributed by atoms with van der Waals surface area (Å²) < 4.78 is 23.0. The third-order valence-electron chi connectivity index (χ3n) is 4.06. The van der Waals surface area contributed by atoms with Crippen LogP contribution in [0.25, 0.3) is 11.4 Å². The Labute approximate surface area is 171 Å². The van der Waals surface area contributed by atoms with Crippen molar-refractivity contribution < 1.29 is 28.0 Å². The quantitative estimate of drug-likeness (QED) is 0.447. The molecule has 1 N–H and O–H groups in total. The van der Waals surface area contributed by atoms with Crippen LogP contribution in [0.3, 0.4) is 0 Å². The Balaban J connectivity index is 1.46. The average molecular weight is 411 g/mol. The predicted octanol–water partition coefficient (Wildman–Crippen LogP) is 3.19. The van der Waals surface area contributed by atoms with Gasteiger partial charge in [-0.15, -0.1) is 0 Å². The van der Waals surface area contributed by atoms with E-state index in [4.69, 9.17) is 9.26 Å². The van der Waals surface area contributed by atoms with Crippen LogP contribution in [-0.2, 0) is 20.7 Å². The van der Waals surface area contributed by atoms with Crippen molar-refractivity contribution in [3.05, 3.63) is 65.8 Å². The lowest BCUT2D eigenvalue weighted by Gasteiger charge is -2.09. The minimum absolute atomic E-state index is 0.0671. The highest BCUT2D eigenvalue weighted by molar-refractivity contribution is 6.04. The molecule has 0 aliphatic heterocycles. The molecule has 0 atom stereocenters. The number of aryl methyl sites for hydroxylation is 1. The number of rotatable bonds is 8. The highest BCUT2D eigenvalue weighted by Crippen LogP contribution is 2.17. The summed E-state index contributed by atoms with van der Waals surface area (Å²) in [5, 5.41) is 6.33. The Morgan fingerprint density at radius 2 is 1.83 bits per heavy atom. The molecule has 0 radical (unpaired) electrons. The van der Waals surface area contributed by atoms with E-state index in [1.54, 1.807) is 24.3 Å². The minimum atomic E-state index is -0.619. The summed E-state index contributed by atoms with van der Waals surface area (Å²) in [6.45, 7) is 0.903. The van der Waals surface area contributed by atoms with Gasteiger partial charge in [0.05, 0.1) is 12.1 Å². The van der Waals surface area contributed by atoms with Crippen LogP contribution in [0.15, 0.2) is 53.1 Å². The van der Waals surface area contributed by atoms with Gasteiger partial charge < -0.3 is 14.6 Å². The summed E-state index contributed by atoms with van der Waals surface area (Å²) >= 11 is 0. The Hall–Kier alpha value is -3.88. The van der Waals surface area contributed by atoms with E-state index in [0.29, 0.717) is 16.8 Å². The summed E-state index contributed by atoms with van der Waals surface area (Å²) in [7, 11) is 0. The van der Waals surface area contributed by atoms with Crippen LogP contribution in [0.2, 0.25) is 0 Å². The molecule has 0 spiro atoms. The van der Waals surface area contributed by atoms with Crippen molar-refractivity contribution in [2.75, 3.05) is 11.9 Å². The number of para-hydroxylation sites is 1. The molecule has 1 heterocycles. The predicted molar refractivity (Wildman–Crippen MR) is 104 cm³/mol. The number of nitrogens with zero attached hydrogens (tertiary/aromatic N) is 2. The van der Waals surface area contributed by atoms with Gasteiger partial charge in [-0.05, 0) is 43.3 Å². The number of aromatic nitrogens is 2. The molecule has 1 aromatic heterocycles. The summed E-state index contributed by atoms with van der Waals surface area (Å²) in [5.74, 6) is -1.26. The highest BCUT2D eigenvalue weighted by atomic mass is 19.1. The van der Waals surface area contributed by atoms with Crippen LogP contribution in [0.5, 0.6) is 0 Å². The van der Waals surface area contributed by atoms with Gasteiger partial charge in [0.15, 0.2) is 12.4 Å². The van der Waals surface area contributed by atoms with Gasteiger partial charge in [-0.3, -0.25) is 14.4 Å². The van der Waals surface area contributed by atoms with E-state index in [9.17, 15) is 18.8 Å². The first-order chi connectivity index (χ1) is 14.4. The molecule has 1 amide bonds. The fraction of sp³-hybridized carbons (Fsp3) is 0.190. The number of halogens is 1. The molecule has 0 aliphatic carbocycles. The molecule has 30 heavy (non-hydrogen) atoms. The second-order valence-electron chi connectivity index (χ2n) is 6.33. The van der Waals surface area contributed by atoms with Gasteiger partial charge in [-0.2, -0.15) is 4.98 Å². The maximum Gasteiger partial charge on any atom is 0.306 e. The molecular weight excluding hydrogens is 393 g/mol. The molecule has 9 heteroatoms. The normalized spacial score (nSPS) is 10.5. The number of anilines is 1. The van der Waals surface area contributed by atoms with Gasteiger partial charge in [0.1, 0.15) is 5.82 Å². The number of carbonyl (C=O) groups is 3. The van der Waals surface area contributed by atoms with E-state index in [1.165, 1.54) is 31.2 Å². The number of ether oxygens (including phenoxy) is 1. The third-order valence-corrected chi connectivity index (χ3v) is 4.06. The molecular formula is C21H18FN3O5. The number of amides is 1. The number of esters is 1. The lowest BCUT2D eigenvalue weighted by atomic mass is 10.1. The van der Waals surface area contributed by atoms with Crippen molar-refractivity contribution in [1.82, 2.24) is 10.1 Å². The number of hydrogen-bond donors (Lipinski definition) is 1. The summed E-state index contributed by atoms with van der Waals surface area (Å²) in [4.78, 5) is 39.6. The fourth-order valence-electron chi connectivity index (χ4n) is 2.59. The smallest absolute Gasteiger partial charge is 0.306 e. The first kappa shape index (κ1) is 20.8. The van der Waals surface area contributed by atoms with Crippen molar-refractivity contribution in [2.24, 2.45) is 0 Å². The van der Waals surface area contributed by atoms with Crippen molar-refractivity contribution in [2.45, 2.75) is 19.8 Å². The number of ketones is 1. The van der Waals surface area contributed by atoms with Crippen molar-refractivity contribution in [3.8, 4) is 11.4 Å². The first-order valence-corrected chi connectivity index (χ1v) is 9.06. The largest absolute Gasteiger partial charge is 0.456 e. The van der Waals surface area contributed by atoms with Crippen molar-refractivity contribution in [3.63, 3.8) is 0 Å². The van der Waals surface area contributed by atoms with Crippen LogP contribution in [0.4, 0.5) is 10.1 Å². The Bertz CT molecular complexity index is 1060. The van der Waals surface area contributed by atoms with Crippen LogP contribution in [-0.4, -0.2) is 34.4 Å². The summed E-state index contributed by atoms with van der Waals surface area (Å²) in [6, 6.07) is 12.1. The van der Waals surface area contributed by atoms with E-state index in [2.05, 4.69) is 15.5 Å². The lowest BCUT2D eigenvalue weighted by Crippen LogP contribution is -2.22. The monoisotopic (exact) mass is 411 g/mol. The number of benzene rings is 2. The number of carbonyl (C=O) groups excluding carboxylic acids is 3. The van der Waals surface area contributed by atoms with Crippen LogP contribution < -0.4 is 5.32 Å². The van der Waals surface area contributed by atoms with Crippen molar-refractivity contribution >= 4 is 23.3 Å². The van der Waals surface area contributed by atoms with Crippen molar-refractivity contribution in [1.29, 1.82) is 0 Å². The maximum absolute atomic E-state index is 13.0. The highest BCUT2D eigenvalue weighted by Gasteiger charge is 2.14. The van der Waals surface area contributed by atoms with Crippen LogP contribution in [0.1, 0.15) is 29.6 Å². The molecule has 0 saturated carbocycles.